The number of hydrogen-bond acceptors (Lipinski definition) is 5. The molecular formula is C17H13N4O2S. The fraction of sp³-hybridized carbons (Fsp3) is 0.0588. The molecule has 2 aromatic carbocycles. The zero-order valence-electron chi connectivity index (χ0n) is 12.7. The summed E-state index contributed by atoms with van der Waals surface area (Å²) in [5.74, 6) is 0.633. The minimum absolute atomic E-state index is 0.263. The predicted molar refractivity (Wildman–Crippen MR) is 93.1 cm³/mol. The summed E-state index contributed by atoms with van der Waals surface area (Å²) in [4.78, 5) is 4.87. The lowest BCUT2D eigenvalue weighted by Gasteiger charge is -2.09. The molecule has 2 aromatic heterocycles. The van der Waals surface area contributed by atoms with E-state index >= 15 is 0 Å². The fourth-order valence-electron chi connectivity index (χ4n) is 2.60. The summed E-state index contributed by atoms with van der Waals surface area (Å²) in [5, 5.41) is 11.8. The number of anilines is 2. The molecule has 0 aliphatic heterocycles. The zero-order chi connectivity index (χ0) is 16.7. The van der Waals surface area contributed by atoms with Crippen LogP contribution < -0.4 is 5.32 Å². The van der Waals surface area contributed by atoms with Gasteiger partial charge >= 0.3 is 0 Å². The van der Waals surface area contributed by atoms with Crippen LogP contribution >= 0.6 is 0 Å². The van der Waals surface area contributed by atoms with Crippen LogP contribution in [0.3, 0.4) is 0 Å². The summed E-state index contributed by atoms with van der Waals surface area (Å²) in [6.07, 6.45) is 2.87. The Balaban J connectivity index is 1.95. The average Bonchev–Trinajstić information content (AvgIpc) is 3.05. The largest absolute Gasteiger partial charge is 0.338 e. The van der Waals surface area contributed by atoms with Gasteiger partial charge < -0.3 is 5.32 Å². The van der Waals surface area contributed by atoms with Crippen LogP contribution in [0.15, 0.2) is 53.6 Å². The summed E-state index contributed by atoms with van der Waals surface area (Å²) in [6, 6.07) is 15.3. The van der Waals surface area contributed by atoms with Crippen molar-refractivity contribution in [3.05, 3.63) is 54.7 Å². The van der Waals surface area contributed by atoms with E-state index in [-0.39, 0.29) is 4.90 Å². The maximum absolute atomic E-state index is 11.8. The van der Waals surface area contributed by atoms with E-state index in [0.717, 1.165) is 22.0 Å². The molecule has 4 aromatic rings. The van der Waals surface area contributed by atoms with E-state index in [1.165, 1.54) is 6.26 Å². The second-order valence-corrected chi connectivity index (χ2v) is 7.50. The molecule has 0 unspecified atom stereocenters. The third kappa shape index (κ3) is 2.48. The Morgan fingerprint density at radius 2 is 1.92 bits per heavy atom. The molecule has 2 heterocycles. The zero-order valence-corrected chi connectivity index (χ0v) is 13.6. The van der Waals surface area contributed by atoms with Gasteiger partial charge in [-0.05, 0) is 36.4 Å². The first kappa shape index (κ1) is 14.6. The minimum Gasteiger partial charge on any atom is -0.338 e. The Labute approximate surface area is 138 Å². The fourth-order valence-corrected chi connectivity index (χ4v) is 3.25. The highest BCUT2D eigenvalue weighted by atomic mass is 32.2. The van der Waals surface area contributed by atoms with Crippen molar-refractivity contribution in [1.29, 1.82) is 0 Å². The Kier molecular flexibility index (Phi) is 3.24. The maximum atomic E-state index is 11.8. The molecule has 0 spiro atoms. The van der Waals surface area contributed by atoms with Crippen LogP contribution in [0.1, 0.15) is 0 Å². The third-order valence-corrected chi connectivity index (χ3v) is 4.89. The number of aromatic amines is 1. The minimum atomic E-state index is -3.28. The quantitative estimate of drug-likeness (QED) is 0.600. The van der Waals surface area contributed by atoms with E-state index in [0.29, 0.717) is 11.3 Å². The van der Waals surface area contributed by atoms with E-state index in [4.69, 9.17) is 0 Å². The monoisotopic (exact) mass is 337 g/mol. The Morgan fingerprint density at radius 1 is 1.12 bits per heavy atom. The van der Waals surface area contributed by atoms with Crippen LogP contribution in [0.2, 0.25) is 0 Å². The normalized spacial score (nSPS) is 11.9. The summed E-state index contributed by atoms with van der Waals surface area (Å²) in [6.45, 7) is 0. The number of fused-ring (bicyclic) bond motifs is 3. The van der Waals surface area contributed by atoms with Crippen LogP contribution in [-0.2, 0) is 9.84 Å². The number of pyridine rings is 1. The molecule has 0 amide bonds. The van der Waals surface area contributed by atoms with Crippen molar-refractivity contribution in [3.63, 3.8) is 0 Å². The van der Waals surface area contributed by atoms with Gasteiger partial charge in [-0.1, -0.05) is 12.1 Å². The highest BCUT2D eigenvalue weighted by Crippen LogP contribution is 2.30. The lowest BCUT2D eigenvalue weighted by molar-refractivity contribution is 0.602. The van der Waals surface area contributed by atoms with Crippen molar-refractivity contribution in [1.82, 2.24) is 15.2 Å². The lowest BCUT2D eigenvalue weighted by atomic mass is 10.1. The van der Waals surface area contributed by atoms with Gasteiger partial charge in [-0.25, -0.2) is 13.4 Å². The number of hydrogen-bond donors (Lipinski definition) is 2. The SMILES string of the molecule is CS(=O)(=O)c1ccc2nc(Nc3cc[c]cc3)c3[nH]ncc3c2c1. The van der Waals surface area contributed by atoms with Crippen LogP contribution in [0, 0.1) is 6.07 Å². The van der Waals surface area contributed by atoms with Crippen molar-refractivity contribution < 1.29 is 8.42 Å². The molecule has 0 saturated carbocycles. The molecular weight excluding hydrogens is 324 g/mol. The standard InChI is InChI=1S/C17H13N4O2S/c1-24(22,23)12-7-8-15-13(9-12)14-10-18-21-16(14)17(20-15)19-11-5-3-2-4-6-11/h3-10H,1H3,(H,18,21)(H,19,20). The van der Waals surface area contributed by atoms with Crippen molar-refractivity contribution in [3.8, 4) is 0 Å². The van der Waals surface area contributed by atoms with Gasteiger partial charge in [0, 0.05) is 22.7 Å². The molecule has 0 aliphatic carbocycles. The molecule has 119 valence electrons. The smallest absolute Gasteiger partial charge is 0.175 e. The van der Waals surface area contributed by atoms with Crippen LogP contribution in [0.5, 0.6) is 0 Å². The van der Waals surface area contributed by atoms with Gasteiger partial charge in [-0.15, -0.1) is 0 Å². The number of benzene rings is 2. The van der Waals surface area contributed by atoms with E-state index in [2.05, 4.69) is 26.6 Å². The first-order valence-electron chi connectivity index (χ1n) is 7.22. The van der Waals surface area contributed by atoms with E-state index in [9.17, 15) is 8.42 Å². The predicted octanol–water partition coefficient (Wildman–Crippen LogP) is 3.06. The molecule has 0 atom stereocenters. The lowest BCUT2D eigenvalue weighted by Crippen LogP contribution is -1.99. The number of nitrogens with zero attached hydrogens (tertiary/aromatic N) is 2. The van der Waals surface area contributed by atoms with Crippen LogP contribution in [-0.4, -0.2) is 29.9 Å². The van der Waals surface area contributed by atoms with Gasteiger partial charge in [0.2, 0.25) is 0 Å². The number of nitrogens with one attached hydrogen (secondary N) is 2. The molecule has 24 heavy (non-hydrogen) atoms. The molecule has 4 rings (SSSR count). The summed E-state index contributed by atoms with van der Waals surface area (Å²) in [5.41, 5.74) is 2.30. The molecule has 6 nitrogen and oxygen atoms in total. The Hall–Kier alpha value is -2.93. The van der Waals surface area contributed by atoms with E-state index in [1.807, 2.05) is 24.3 Å². The summed E-state index contributed by atoms with van der Waals surface area (Å²) < 4.78 is 23.6. The van der Waals surface area contributed by atoms with Crippen molar-refractivity contribution in [2.45, 2.75) is 4.90 Å². The molecule has 0 aliphatic rings. The topological polar surface area (TPSA) is 87.7 Å². The van der Waals surface area contributed by atoms with Gasteiger partial charge in [0.15, 0.2) is 15.7 Å². The Morgan fingerprint density at radius 3 is 2.67 bits per heavy atom. The van der Waals surface area contributed by atoms with Gasteiger partial charge in [-0.3, -0.25) is 5.10 Å². The van der Waals surface area contributed by atoms with Crippen LogP contribution in [0.25, 0.3) is 21.8 Å². The summed E-state index contributed by atoms with van der Waals surface area (Å²) >= 11 is 0. The van der Waals surface area contributed by atoms with Gasteiger partial charge in [0.05, 0.1) is 16.6 Å². The molecule has 1 radical (unpaired) electrons. The van der Waals surface area contributed by atoms with Crippen molar-refractivity contribution >= 4 is 43.1 Å². The molecule has 0 bridgehead atoms. The first-order valence-corrected chi connectivity index (χ1v) is 9.11. The van der Waals surface area contributed by atoms with Gasteiger partial charge in [-0.2, -0.15) is 5.10 Å². The number of aromatic nitrogens is 3. The van der Waals surface area contributed by atoms with Crippen molar-refractivity contribution in [2.75, 3.05) is 11.6 Å². The highest BCUT2D eigenvalue weighted by molar-refractivity contribution is 7.90. The molecule has 0 fully saturated rings. The van der Waals surface area contributed by atoms with Gasteiger partial charge in [0.25, 0.3) is 0 Å². The number of H-pyrrole nitrogens is 1. The van der Waals surface area contributed by atoms with Gasteiger partial charge in [0.1, 0.15) is 5.52 Å². The maximum Gasteiger partial charge on any atom is 0.175 e. The highest BCUT2D eigenvalue weighted by Gasteiger charge is 2.14. The number of sulfone groups is 1. The second-order valence-electron chi connectivity index (χ2n) is 5.48. The molecule has 0 saturated heterocycles. The average molecular weight is 337 g/mol. The van der Waals surface area contributed by atoms with Crippen LogP contribution in [0.4, 0.5) is 11.5 Å². The molecule has 7 heteroatoms. The van der Waals surface area contributed by atoms with E-state index < -0.39 is 9.84 Å². The number of rotatable bonds is 3. The third-order valence-electron chi connectivity index (χ3n) is 3.78. The first-order chi connectivity index (χ1) is 11.5. The van der Waals surface area contributed by atoms with E-state index in [1.54, 1.807) is 24.4 Å². The van der Waals surface area contributed by atoms with Crippen molar-refractivity contribution in [2.24, 2.45) is 0 Å². The Bertz CT molecular complexity index is 1150. The molecule has 2 N–H and O–H groups in total. The second kappa shape index (κ2) is 5.31. The summed E-state index contributed by atoms with van der Waals surface area (Å²) in [7, 11) is -3.28.